The van der Waals surface area contributed by atoms with Gasteiger partial charge in [-0.15, -0.1) is 11.3 Å². The monoisotopic (exact) mass is 558 g/mol. The quantitative estimate of drug-likeness (QED) is 0.288. The van der Waals surface area contributed by atoms with Crippen molar-refractivity contribution in [3.63, 3.8) is 0 Å². The number of benzene rings is 2. The first-order valence-electron chi connectivity index (χ1n) is 12.1. The Morgan fingerprint density at radius 3 is 2.39 bits per heavy atom. The topological polar surface area (TPSA) is 142 Å². The molecular formula is C27H30N2O7S2. The lowest BCUT2D eigenvalue weighted by Crippen LogP contribution is -2.52. The molecule has 2 heterocycles. The normalized spacial score (nSPS) is 15.9. The summed E-state index contributed by atoms with van der Waals surface area (Å²) >= 11 is 0.984. The van der Waals surface area contributed by atoms with Crippen LogP contribution in [0.1, 0.15) is 33.6 Å². The highest BCUT2D eigenvalue weighted by atomic mass is 32.2. The molecule has 1 saturated heterocycles. The first kappa shape index (κ1) is 27.6. The molecule has 0 aliphatic carbocycles. The number of hydrogen-bond donors (Lipinski definition) is 4. The van der Waals surface area contributed by atoms with Gasteiger partial charge < -0.3 is 25.6 Å². The Kier molecular flexibility index (Phi) is 8.10. The largest absolute Gasteiger partial charge is 0.480 e. The Hall–Kier alpha value is -3.41. The summed E-state index contributed by atoms with van der Waals surface area (Å²) < 4.78 is 32.5. The number of aromatic carboxylic acids is 1. The van der Waals surface area contributed by atoms with Crippen molar-refractivity contribution in [3.8, 4) is 16.2 Å². The number of carboxylic acid groups (broad SMARTS) is 2. The van der Waals surface area contributed by atoms with Gasteiger partial charge in [0.25, 0.3) is 0 Å². The summed E-state index contributed by atoms with van der Waals surface area (Å²) in [5.74, 6) is -2.61. The fraction of sp³-hybridized carbons (Fsp3) is 0.333. The molecule has 2 aromatic carbocycles. The van der Waals surface area contributed by atoms with Gasteiger partial charge >= 0.3 is 11.9 Å². The van der Waals surface area contributed by atoms with E-state index in [1.165, 1.54) is 6.26 Å². The fourth-order valence-corrected chi connectivity index (χ4v) is 7.90. The third-order valence-electron chi connectivity index (χ3n) is 6.78. The van der Waals surface area contributed by atoms with E-state index >= 15 is 0 Å². The maximum absolute atomic E-state index is 13.6. The Morgan fingerprint density at radius 1 is 1.11 bits per heavy atom. The van der Waals surface area contributed by atoms with E-state index < -0.39 is 33.3 Å². The van der Waals surface area contributed by atoms with Gasteiger partial charge in [-0.2, -0.15) is 0 Å². The molecule has 4 N–H and O–H groups in total. The number of anilines is 1. The molecule has 1 aliphatic heterocycles. The molecule has 202 valence electrons. The minimum atomic E-state index is -3.68. The van der Waals surface area contributed by atoms with E-state index in [4.69, 9.17) is 9.84 Å². The van der Waals surface area contributed by atoms with Crippen molar-refractivity contribution < 1.29 is 33.0 Å². The van der Waals surface area contributed by atoms with E-state index in [1.54, 1.807) is 31.2 Å². The van der Waals surface area contributed by atoms with Crippen LogP contribution in [0.4, 0.5) is 5.69 Å². The Balaban J connectivity index is 1.81. The smallest absolute Gasteiger partial charge is 0.349 e. The number of sulfone groups is 1. The summed E-state index contributed by atoms with van der Waals surface area (Å²) in [6, 6.07) is 16.3. The van der Waals surface area contributed by atoms with Crippen LogP contribution < -0.4 is 15.4 Å². The van der Waals surface area contributed by atoms with E-state index in [-0.39, 0.29) is 16.5 Å². The molecule has 0 bridgehead atoms. The summed E-state index contributed by atoms with van der Waals surface area (Å²) in [5.41, 5.74) is 2.38. The second-order valence-electron chi connectivity index (χ2n) is 9.31. The lowest BCUT2D eigenvalue weighted by Gasteiger charge is -2.43. The summed E-state index contributed by atoms with van der Waals surface area (Å²) in [6.07, 6.45) is 2.60. The highest BCUT2D eigenvalue weighted by Gasteiger charge is 2.49. The highest BCUT2D eigenvalue weighted by molar-refractivity contribution is 7.91. The van der Waals surface area contributed by atoms with Gasteiger partial charge in [0.1, 0.15) is 5.75 Å². The van der Waals surface area contributed by atoms with E-state index in [0.29, 0.717) is 53.2 Å². The van der Waals surface area contributed by atoms with E-state index in [2.05, 4.69) is 10.6 Å². The first-order valence-corrected chi connectivity index (χ1v) is 14.8. The Labute approximate surface area is 225 Å². The van der Waals surface area contributed by atoms with Crippen molar-refractivity contribution in [2.45, 2.75) is 24.6 Å². The van der Waals surface area contributed by atoms with Crippen LogP contribution in [0.25, 0.3) is 10.4 Å². The van der Waals surface area contributed by atoms with Gasteiger partial charge in [0.2, 0.25) is 0 Å². The molecule has 0 spiro atoms. The van der Waals surface area contributed by atoms with Crippen molar-refractivity contribution in [2.75, 3.05) is 31.3 Å². The number of thiophene rings is 1. The maximum Gasteiger partial charge on any atom is 0.349 e. The molecule has 11 heteroatoms. The van der Waals surface area contributed by atoms with Gasteiger partial charge in [0, 0.05) is 28.3 Å². The Morgan fingerprint density at radius 2 is 1.79 bits per heavy atom. The molecule has 4 rings (SSSR count). The molecule has 1 unspecified atom stereocenters. The van der Waals surface area contributed by atoms with Crippen LogP contribution in [0.2, 0.25) is 0 Å². The third kappa shape index (κ3) is 5.40. The number of hydrogen-bond acceptors (Lipinski definition) is 8. The average Bonchev–Trinajstić information content (AvgIpc) is 3.23. The van der Waals surface area contributed by atoms with Gasteiger partial charge in [-0.3, -0.25) is 0 Å². The summed E-state index contributed by atoms with van der Waals surface area (Å²) in [4.78, 5) is 22.0. The number of aliphatic carboxylic acids is 1. The minimum absolute atomic E-state index is 0.0164. The molecule has 9 nitrogen and oxygen atoms in total. The molecule has 1 aromatic heterocycles. The molecule has 1 atom stereocenters. The average molecular weight is 559 g/mol. The number of ether oxygens (including phenoxy) is 1. The number of rotatable bonds is 10. The zero-order chi connectivity index (χ0) is 27.5. The number of piperidine rings is 1. The van der Waals surface area contributed by atoms with Crippen LogP contribution in [0.15, 0.2) is 54.6 Å². The molecule has 38 heavy (non-hydrogen) atoms. The predicted molar refractivity (Wildman–Crippen MR) is 147 cm³/mol. The van der Waals surface area contributed by atoms with Crippen molar-refractivity contribution in [1.29, 1.82) is 0 Å². The van der Waals surface area contributed by atoms with Crippen LogP contribution in [0.5, 0.6) is 5.75 Å². The highest BCUT2D eigenvalue weighted by Crippen LogP contribution is 2.45. The van der Waals surface area contributed by atoms with Crippen LogP contribution in [0.3, 0.4) is 0 Å². The SMILES string of the molecule is Cc1c(-c2cccc(NC(c3ccccc3)(C3CCNCC3)S(C)(=O)=O)c2)sc(C(=O)O)c1OCC(=O)O. The van der Waals surface area contributed by atoms with Crippen molar-refractivity contribution in [2.24, 2.45) is 5.92 Å². The van der Waals surface area contributed by atoms with Gasteiger partial charge in [0.05, 0.1) is 0 Å². The van der Waals surface area contributed by atoms with E-state index in [0.717, 1.165) is 11.3 Å². The summed E-state index contributed by atoms with van der Waals surface area (Å²) in [5, 5.41) is 25.4. The molecule has 0 amide bonds. The van der Waals surface area contributed by atoms with Gasteiger partial charge in [0.15, 0.2) is 26.2 Å². The van der Waals surface area contributed by atoms with Crippen LogP contribution in [-0.2, 0) is 19.5 Å². The summed E-state index contributed by atoms with van der Waals surface area (Å²) in [7, 11) is -3.68. The zero-order valence-electron chi connectivity index (χ0n) is 21.1. The van der Waals surface area contributed by atoms with Crippen LogP contribution in [0, 0.1) is 12.8 Å². The predicted octanol–water partition coefficient (Wildman–Crippen LogP) is 4.19. The van der Waals surface area contributed by atoms with Crippen molar-refractivity contribution >= 4 is 38.8 Å². The maximum atomic E-state index is 13.6. The Bertz CT molecular complexity index is 1430. The molecule has 0 radical (unpaired) electrons. The molecular weight excluding hydrogens is 528 g/mol. The summed E-state index contributed by atoms with van der Waals surface area (Å²) in [6.45, 7) is 2.43. The molecule has 1 fully saturated rings. The van der Waals surface area contributed by atoms with Crippen molar-refractivity contribution in [3.05, 3.63) is 70.6 Å². The lowest BCUT2D eigenvalue weighted by molar-refractivity contribution is -0.139. The zero-order valence-corrected chi connectivity index (χ0v) is 22.7. The van der Waals surface area contributed by atoms with Gasteiger partial charge in [-0.05, 0) is 56.1 Å². The van der Waals surface area contributed by atoms with Gasteiger partial charge in [-0.25, -0.2) is 18.0 Å². The number of carboxylic acids is 2. The second kappa shape index (κ2) is 11.1. The van der Waals surface area contributed by atoms with E-state index in [1.807, 2.05) is 30.3 Å². The van der Waals surface area contributed by atoms with Crippen LogP contribution in [-0.4, -0.2) is 56.5 Å². The third-order valence-corrected chi connectivity index (χ3v) is 9.93. The van der Waals surface area contributed by atoms with E-state index in [9.17, 15) is 23.1 Å². The standard InChI is InChI=1S/C27H30N2O7S2/c1-17-23(36-16-22(30)31)25(26(32)33)37-24(17)18-7-6-10-21(15-18)29-27(38(2,34)35,19-8-4-3-5-9-19)20-11-13-28-14-12-20/h3-10,15,20,28-29H,11-14,16H2,1-2H3,(H,30,31)(H,32,33). The van der Waals surface area contributed by atoms with Crippen LogP contribution >= 0.6 is 11.3 Å². The second-order valence-corrected chi connectivity index (χ2v) is 12.5. The minimum Gasteiger partial charge on any atom is -0.480 e. The first-order chi connectivity index (χ1) is 18.0. The molecule has 3 aromatic rings. The molecule has 0 saturated carbocycles. The number of carbonyl (C=O) groups is 2. The molecule has 1 aliphatic rings. The number of nitrogens with one attached hydrogen (secondary N) is 2. The fourth-order valence-electron chi connectivity index (χ4n) is 5.11. The van der Waals surface area contributed by atoms with Crippen molar-refractivity contribution in [1.82, 2.24) is 5.32 Å². The lowest BCUT2D eigenvalue weighted by atomic mass is 9.84. The van der Waals surface area contributed by atoms with Gasteiger partial charge in [-0.1, -0.05) is 42.5 Å².